The molecule has 6 nitrogen and oxygen atoms in total. The summed E-state index contributed by atoms with van der Waals surface area (Å²) in [5, 5.41) is 0.418. The fourth-order valence-corrected chi connectivity index (χ4v) is 3.31. The lowest BCUT2D eigenvalue weighted by Crippen LogP contribution is -2.34. The number of esters is 1. The Balaban J connectivity index is 2.88. The predicted molar refractivity (Wildman–Crippen MR) is 83.3 cm³/mol. The number of methoxy groups -OCH3 is 1. The highest BCUT2D eigenvalue weighted by Crippen LogP contribution is 2.34. The van der Waals surface area contributed by atoms with E-state index in [0.29, 0.717) is 0 Å². The van der Waals surface area contributed by atoms with E-state index in [4.69, 9.17) is 34.8 Å². The van der Waals surface area contributed by atoms with E-state index >= 15 is 0 Å². The maximum Gasteiger partial charge on any atom is 0.306 e. The van der Waals surface area contributed by atoms with Gasteiger partial charge in [0.2, 0.25) is 0 Å². The third-order valence-electron chi connectivity index (χ3n) is 2.51. The van der Waals surface area contributed by atoms with Crippen LogP contribution in [0, 0.1) is 0 Å². The summed E-state index contributed by atoms with van der Waals surface area (Å²) in [6, 6.07) is 2.72. The Kier molecular flexibility index (Phi) is 6.55. The molecule has 0 atom stereocenters. The van der Waals surface area contributed by atoms with E-state index in [1.807, 2.05) is 0 Å². The van der Waals surface area contributed by atoms with Gasteiger partial charge in [-0.05, 0) is 12.1 Å². The molecule has 0 saturated heterocycles. The van der Waals surface area contributed by atoms with Gasteiger partial charge in [0.1, 0.15) is 0 Å². The molecule has 0 aromatic heterocycles. The SMILES string of the molecule is COC(=O)CCN(C)S(=O)(=O)Nc1c(Cl)cc(Cl)cc1Cl. The van der Waals surface area contributed by atoms with Crippen molar-refractivity contribution in [1.82, 2.24) is 4.31 Å². The molecule has 0 unspecified atom stereocenters. The van der Waals surface area contributed by atoms with Crippen molar-refractivity contribution in [3.05, 3.63) is 27.2 Å². The van der Waals surface area contributed by atoms with E-state index in [2.05, 4.69) is 9.46 Å². The van der Waals surface area contributed by atoms with Crippen LogP contribution in [0.2, 0.25) is 15.1 Å². The summed E-state index contributed by atoms with van der Waals surface area (Å²) in [6.07, 6.45) is -0.0734. The second-order valence-corrected chi connectivity index (χ2v) is 7.03. The Morgan fingerprint density at radius 3 is 2.29 bits per heavy atom. The van der Waals surface area contributed by atoms with Gasteiger partial charge in [0.05, 0.1) is 29.3 Å². The van der Waals surface area contributed by atoms with Crippen LogP contribution in [0.1, 0.15) is 6.42 Å². The highest BCUT2D eigenvalue weighted by atomic mass is 35.5. The van der Waals surface area contributed by atoms with Crippen LogP contribution < -0.4 is 4.72 Å². The van der Waals surface area contributed by atoms with Gasteiger partial charge in [-0.2, -0.15) is 12.7 Å². The number of benzene rings is 1. The van der Waals surface area contributed by atoms with Gasteiger partial charge in [-0.1, -0.05) is 34.8 Å². The summed E-state index contributed by atoms with van der Waals surface area (Å²) in [6.45, 7) is -0.0508. The van der Waals surface area contributed by atoms with E-state index < -0.39 is 16.2 Å². The van der Waals surface area contributed by atoms with Gasteiger partial charge in [-0.3, -0.25) is 9.52 Å². The van der Waals surface area contributed by atoms with E-state index in [1.54, 1.807) is 0 Å². The fraction of sp³-hybridized carbons (Fsp3) is 0.364. The number of hydrogen-bond acceptors (Lipinski definition) is 4. The number of ether oxygens (including phenoxy) is 1. The number of hydrogen-bond donors (Lipinski definition) is 1. The summed E-state index contributed by atoms with van der Waals surface area (Å²) in [4.78, 5) is 11.0. The minimum atomic E-state index is -3.91. The zero-order valence-electron chi connectivity index (χ0n) is 11.2. The second-order valence-electron chi connectivity index (χ2n) is 4.00. The Bertz CT molecular complexity index is 613. The van der Waals surface area contributed by atoms with Crippen molar-refractivity contribution in [2.45, 2.75) is 6.42 Å². The van der Waals surface area contributed by atoms with Crippen molar-refractivity contribution in [2.24, 2.45) is 0 Å². The number of halogens is 3. The van der Waals surface area contributed by atoms with Gasteiger partial charge in [-0.25, -0.2) is 0 Å². The maximum atomic E-state index is 12.1. The average Bonchev–Trinajstić information content (AvgIpc) is 2.39. The predicted octanol–water partition coefficient (Wildman–Crippen LogP) is 2.80. The number of nitrogens with zero attached hydrogens (tertiary/aromatic N) is 1. The van der Waals surface area contributed by atoms with E-state index in [0.717, 1.165) is 4.31 Å². The highest BCUT2D eigenvalue weighted by Gasteiger charge is 2.21. The average molecular weight is 376 g/mol. The van der Waals surface area contributed by atoms with E-state index in [9.17, 15) is 13.2 Å². The molecule has 0 aliphatic rings. The summed E-state index contributed by atoms with van der Waals surface area (Å²) in [5.41, 5.74) is 0.0210. The molecular weight excluding hydrogens is 363 g/mol. The summed E-state index contributed by atoms with van der Waals surface area (Å²) in [7, 11) is -1.38. The third kappa shape index (κ3) is 5.19. The molecule has 1 rings (SSSR count). The summed E-state index contributed by atoms with van der Waals surface area (Å²) < 4.78 is 31.8. The van der Waals surface area contributed by atoms with E-state index in [-0.39, 0.29) is 33.7 Å². The van der Waals surface area contributed by atoms with Crippen molar-refractivity contribution in [1.29, 1.82) is 0 Å². The van der Waals surface area contributed by atoms with Crippen LogP contribution in [0.5, 0.6) is 0 Å². The molecule has 0 spiro atoms. The Morgan fingerprint density at radius 2 is 1.81 bits per heavy atom. The number of carbonyl (C=O) groups excluding carboxylic acids is 1. The first kappa shape index (κ1) is 18.3. The first-order valence-electron chi connectivity index (χ1n) is 5.63. The van der Waals surface area contributed by atoms with Crippen LogP contribution in [0.25, 0.3) is 0 Å². The number of rotatable bonds is 6. The number of carbonyl (C=O) groups is 1. The second kappa shape index (κ2) is 7.51. The van der Waals surface area contributed by atoms with Crippen molar-refractivity contribution in [3.8, 4) is 0 Å². The lowest BCUT2D eigenvalue weighted by molar-refractivity contribution is -0.140. The lowest BCUT2D eigenvalue weighted by Gasteiger charge is -2.19. The molecule has 0 radical (unpaired) electrons. The summed E-state index contributed by atoms with van der Waals surface area (Å²) >= 11 is 17.6. The summed E-state index contributed by atoms with van der Waals surface area (Å²) in [5.74, 6) is -0.514. The molecule has 0 fully saturated rings. The maximum absolute atomic E-state index is 12.1. The van der Waals surface area contributed by atoms with Gasteiger partial charge in [0, 0.05) is 18.6 Å². The largest absolute Gasteiger partial charge is 0.469 e. The van der Waals surface area contributed by atoms with Crippen LogP contribution in [0.15, 0.2) is 12.1 Å². The minimum absolute atomic E-state index is 0.0210. The van der Waals surface area contributed by atoms with Gasteiger partial charge in [0.15, 0.2) is 0 Å². The number of nitrogens with one attached hydrogen (secondary N) is 1. The Labute approximate surface area is 138 Å². The Morgan fingerprint density at radius 1 is 1.29 bits per heavy atom. The highest BCUT2D eigenvalue weighted by molar-refractivity contribution is 7.90. The van der Waals surface area contributed by atoms with Crippen LogP contribution in [-0.4, -0.2) is 39.4 Å². The van der Waals surface area contributed by atoms with Crippen molar-refractivity contribution >= 4 is 56.7 Å². The molecule has 1 aromatic carbocycles. The minimum Gasteiger partial charge on any atom is -0.469 e. The first-order valence-corrected chi connectivity index (χ1v) is 8.20. The molecule has 21 heavy (non-hydrogen) atoms. The molecule has 1 aromatic rings. The quantitative estimate of drug-likeness (QED) is 0.776. The monoisotopic (exact) mass is 374 g/mol. The van der Waals surface area contributed by atoms with Gasteiger partial charge in [-0.15, -0.1) is 0 Å². The lowest BCUT2D eigenvalue weighted by atomic mass is 10.3. The molecular formula is C11H13Cl3N2O4S. The Hall–Kier alpha value is -0.730. The standard InChI is InChI=1S/C11H13Cl3N2O4S/c1-16(4-3-10(17)20-2)21(18,19)15-11-8(13)5-7(12)6-9(11)14/h5-6,15H,3-4H2,1-2H3. The zero-order chi connectivity index (χ0) is 16.2. The number of anilines is 1. The van der Waals surface area contributed by atoms with Crippen LogP contribution in [0.3, 0.4) is 0 Å². The van der Waals surface area contributed by atoms with E-state index in [1.165, 1.54) is 26.3 Å². The van der Waals surface area contributed by atoms with Crippen molar-refractivity contribution in [3.63, 3.8) is 0 Å². The fourth-order valence-electron chi connectivity index (χ4n) is 1.32. The van der Waals surface area contributed by atoms with Crippen LogP contribution >= 0.6 is 34.8 Å². The van der Waals surface area contributed by atoms with Crippen molar-refractivity contribution < 1.29 is 17.9 Å². The molecule has 0 aliphatic heterocycles. The van der Waals surface area contributed by atoms with Gasteiger partial charge in [0.25, 0.3) is 0 Å². The molecule has 10 heteroatoms. The molecule has 1 N–H and O–H groups in total. The molecule has 0 saturated carbocycles. The zero-order valence-corrected chi connectivity index (χ0v) is 14.3. The van der Waals surface area contributed by atoms with Crippen LogP contribution in [-0.2, 0) is 19.7 Å². The normalized spacial score (nSPS) is 11.5. The molecule has 0 heterocycles. The topological polar surface area (TPSA) is 75.7 Å². The third-order valence-corrected chi connectivity index (χ3v) is 4.79. The van der Waals surface area contributed by atoms with Crippen molar-refractivity contribution in [2.75, 3.05) is 25.4 Å². The smallest absolute Gasteiger partial charge is 0.306 e. The van der Waals surface area contributed by atoms with Crippen LogP contribution in [0.4, 0.5) is 5.69 Å². The molecule has 0 amide bonds. The molecule has 0 aliphatic carbocycles. The van der Waals surface area contributed by atoms with Gasteiger partial charge >= 0.3 is 16.2 Å². The molecule has 0 bridgehead atoms. The first-order chi connectivity index (χ1) is 9.67. The van der Waals surface area contributed by atoms with Gasteiger partial charge < -0.3 is 4.74 Å². The molecule has 118 valence electrons.